The summed E-state index contributed by atoms with van der Waals surface area (Å²) in [6, 6.07) is 0. The van der Waals surface area contributed by atoms with Crippen LogP contribution in [0, 0.1) is 11.8 Å². The molecule has 0 saturated carbocycles. The third kappa shape index (κ3) is 7.55. The van der Waals surface area contributed by atoms with E-state index in [2.05, 4.69) is 11.8 Å². The third-order valence-electron chi connectivity index (χ3n) is 0.524. The molecule has 0 aromatic heterocycles. The second-order valence-corrected chi connectivity index (χ2v) is 2.37. The second-order valence-electron chi connectivity index (χ2n) is 2.12. The van der Waals surface area contributed by atoms with Crippen molar-refractivity contribution in [2.45, 2.75) is 19.4 Å². The largest absolute Gasteiger partial charge is 0.378 e. The van der Waals surface area contributed by atoms with E-state index in [-0.39, 0.29) is 0 Å². The van der Waals surface area contributed by atoms with E-state index in [1.807, 2.05) is 0 Å². The maximum Gasteiger partial charge on any atom is 0.120 e. The molecule has 0 unspecified atom stereocenters. The van der Waals surface area contributed by atoms with Crippen LogP contribution in [0.2, 0.25) is 0 Å². The molecule has 0 radical (unpaired) electrons. The summed E-state index contributed by atoms with van der Waals surface area (Å²) in [5, 5.41) is 8.99. The van der Waals surface area contributed by atoms with Gasteiger partial charge in [0.2, 0.25) is 0 Å². The average molecular weight is 145 g/mol. The molecule has 0 atom stereocenters. The van der Waals surface area contributed by atoms with Gasteiger partial charge >= 0.3 is 0 Å². The summed E-state index contributed by atoms with van der Waals surface area (Å²) in [5.41, 5.74) is 0.384. The van der Waals surface area contributed by atoms with Crippen molar-refractivity contribution in [2.24, 2.45) is 0 Å². The predicted octanol–water partition coefficient (Wildman–Crippen LogP) is 1.51. The lowest BCUT2D eigenvalue weighted by Crippen LogP contribution is -2.14. The lowest BCUT2D eigenvalue weighted by molar-refractivity contribution is 0.143. The van der Waals surface area contributed by atoms with E-state index in [9.17, 15) is 0 Å². The first-order valence-electron chi connectivity index (χ1n) is 2.56. The van der Waals surface area contributed by atoms with Crippen molar-refractivity contribution >= 4 is 11.6 Å². The summed E-state index contributed by atoms with van der Waals surface area (Å²) in [6.07, 6.45) is 1.47. The molecule has 0 bridgehead atoms. The number of halogens is 1. The van der Waals surface area contributed by atoms with Crippen LogP contribution in [0.1, 0.15) is 13.8 Å². The van der Waals surface area contributed by atoms with E-state index >= 15 is 0 Å². The highest BCUT2D eigenvalue weighted by Crippen LogP contribution is 1.95. The molecule has 2 heteroatoms. The van der Waals surface area contributed by atoms with Gasteiger partial charge in [-0.05, 0) is 19.9 Å². The van der Waals surface area contributed by atoms with Gasteiger partial charge in [-0.25, -0.2) is 0 Å². The van der Waals surface area contributed by atoms with Gasteiger partial charge in [0.15, 0.2) is 0 Å². The smallest absolute Gasteiger partial charge is 0.120 e. The monoisotopic (exact) mass is 144 g/mol. The van der Waals surface area contributed by atoms with Gasteiger partial charge in [-0.2, -0.15) is 0 Å². The molecule has 0 spiro atoms. The van der Waals surface area contributed by atoms with Crippen LogP contribution in [0.5, 0.6) is 0 Å². The molecule has 1 nitrogen and oxygen atoms in total. The van der Waals surface area contributed by atoms with Crippen LogP contribution in [-0.4, -0.2) is 10.7 Å². The Morgan fingerprint density at radius 1 is 1.56 bits per heavy atom. The molecule has 0 aliphatic rings. The summed E-state index contributed by atoms with van der Waals surface area (Å²) < 4.78 is 0. The standard InChI is InChI=1S/C7H9ClO/c1-7(2,9)5-3-4-6-8/h4,6,9H,1-2H3/b6-4+. The number of hydrogen-bond acceptors (Lipinski definition) is 1. The molecular weight excluding hydrogens is 136 g/mol. The Labute approximate surface area is 60.3 Å². The fourth-order valence-corrected chi connectivity index (χ4v) is 0.313. The van der Waals surface area contributed by atoms with E-state index < -0.39 is 5.60 Å². The minimum Gasteiger partial charge on any atom is -0.378 e. The number of hydrogen-bond donors (Lipinski definition) is 1. The van der Waals surface area contributed by atoms with Crippen molar-refractivity contribution in [1.29, 1.82) is 0 Å². The van der Waals surface area contributed by atoms with Gasteiger partial charge in [-0.1, -0.05) is 23.4 Å². The van der Waals surface area contributed by atoms with Crippen LogP contribution in [-0.2, 0) is 0 Å². The zero-order chi connectivity index (χ0) is 7.33. The van der Waals surface area contributed by atoms with Crippen LogP contribution in [0.3, 0.4) is 0 Å². The van der Waals surface area contributed by atoms with E-state index in [0.717, 1.165) is 0 Å². The molecular formula is C7H9ClO. The summed E-state index contributed by atoms with van der Waals surface area (Å²) in [6.45, 7) is 3.23. The van der Waals surface area contributed by atoms with Crippen molar-refractivity contribution in [3.05, 3.63) is 11.6 Å². The van der Waals surface area contributed by atoms with Gasteiger partial charge in [0.05, 0.1) is 0 Å². The third-order valence-corrected chi connectivity index (χ3v) is 0.650. The van der Waals surface area contributed by atoms with Crippen LogP contribution < -0.4 is 0 Å². The van der Waals surface area contributed by atoms with Crippen molar-refractivity contribution in [1.82, 2.24) is 0 Å². The zero-order valence-electron chi connectivity index (χ0n) is 5.48. The first-order chi connectivity index (χ1) is 4.06. The second kappa shape index (κ2) is 3.55. The summed E-state index contributed by atoms with van der Waals surface area (Å²) in [5.74, 6) is 5.12. The van der Waals surface area contributed by atoms with Crippen LogP contribution >= 0.6 is 11.6 Å². The van der Waals surface area contributed by atoms with Gasteiger partial charge in [0.25, 0.3) is 0 Å². The van der Waals surface area contributed by atoms with Crippen LogP contribution in [0.4, 0.5) is 0 Å². The first kappa shape index (κ1) is 8.55. The summed E-state index contributed by atoms with van der Waals surface area (Å²) in [7, 11) is 0. The van der Waals surface area contributed by atoms with Gasteiger partial charge in [-0.15, -0.1) is 0 Å². The van der Waals surface area contributed by atoms with Crippen molar-refractivity contribution in [3.63, 3.8) is 0 Å². The molecule has 0 aromatic rings. The van der Waals surface area contributed by atoms with Crippen molar-refractivity contribution in [3.8, 4) is 11.8 Å². The highest BCUT2D eigenvalue weighted by molar-refractivity contribution is 6.25. The Kier molecular flexibility index (Phi) is 3.37. The van der Waals surface area contributed by atoms with E-state index in [1.165, 1.54) is 11.6 Å². The van der Waals surface area contributed by atoms with Gasteiger partial charge in [0, 0.05) is 5.54 Å². The molecule has 0 amide bonds. The predicted molar refractivity (Wildman–Crippen MR) is 39.1 cm³/mol. The molecule has 0 rings (SSSR count). The Hall–Kier alpha value is -0.450. The van der Waals surface area contributed by atoms with Gasteiger partial charge in [0.1, 0.15) is 5.60 Å². The Morgan fingerprint density at radius 3 is 2.44 bits per heavy atom. The Morgan fingerprint density at radius 2 is 2.11 bits per heavy atom. The molecule has 1 N–H and O–H groups in total. The Bertz CT molecular complexity index is 154. The fourth-order valence-electron chi connectivity index (χ4n) is 0.250. The normalized spacial score (nSPS) is 11.1. The lowest BCUT2D eigenvalue weighted by Gasteiger charge is -2.04. The minimum absolute atomic E-state index is 0.920. The molecule has 50 valence electrons. The SMILES string of the molecule is CC(C)(O)C#C/C=C/Cl. The highest BCUT2D eigenvalue weighted by Gasteiger charge is 2.04. The maximum absolute atomic E-state index is 8.99. The van der Waals surface area contributed by atoms with Gasteiger partial charge < -0.3 is 5.11 Å². The van der Waals surface area contributed by atoms with E-state index in [0.29, 0.717) is 0 Å². The topological polar surface area (TPSA) is 20.2 Å². The number of aliphatic hydroxyl groups is 1. The van der Waals surface area contributed by atoms with Crippen LogP contribution in [0.25, 0.3) is 0 Å². The molecule has 0 aromatic carbocycles. The number of allylic oxidation sites excluding steroid dienone is 1. The minimum atomic E-state index is -0.920. The number of rotatable bonds is 0. The van der Waals surface area contributed by atoms with Crippen molar-refractivity contribution in [2.75, 3.05) is 0 Å². The fraction of sp³-hybridized carbons (Fsp3) is 0.429. The molecule has 0 heterocycles. The Balaban J connectivity index is 3.88. The zero-order valence-corrected chi connectivity index (χ0v) is 6.24. The molecule has 0 fully saturated rings. The van der Waals surface area contributed by atoms with E-state index in [4.69, 9.17) is 16.7 Å². The average Bonchev–Trinajstić information content (AvgIpc) is 1.63. The van der Waals surface area contributed by atoms with E-state index in [1.54, 1.807) is 13.8 Å². The lowest BCUT2D eigenvalue weighted by atomic mass is 10.1. The summed E-state index contributed by atoms with van der Waals surface area (Å²) in [4.78, 5) is 0. The molecule has 0 aliphatic heterocycles. The molecule has 9 heavy (non-hydrogen) atoms. The molecule has 0 aliphatic carbocycles. The van der Waals surface area contributed by atoms with Crippen LogP contribution in [0.15, 0.2) is 11.6 Å². The first-order valence-corrected chi connectivity index (χ1v) is 3.00. The molecule has 0 saturated heterocycles. The quantitative estimate of drug-likeness (QED) is 0.511. The highest BCUT2D eigenvalue weighted by atomic mass is 35.5. The maximum atomic E-state index is 8.99. The summed E-state index contributed by atoms with van der Waals surface area (Å²) >= 11 is 5.17. The van der Waals surface area contributed by atoms with Crippen molar-refractivity contribution < 1.29 is 5.11 Å². The van der Waals surface area contributed by atoms with Gasteiger partial charge in [-0.3, -0.25) is 0 Å².